The maximum Gasteiger partial charge on any atom is 0.416 e. The Morgan fingerprint density at radius 3 is 2.83 bits per heavy atom. The molecule has 118 valence electrons. The second-order valence-corrected chi connectivity index (χ2v) is 6.20. The molecule has 0 aliphatic carbocycles. The van der Waals surface area contributed by atoms with Crippen LogP contribution >= 0.6 is 11.3 Å². The molecule has 23 heavy (non-hydrogen) atoms. The van der Waals surface area contributed by atoms with Gasteiger partial charge in [0.15, 0.2) is 5.82 Å². The summed E-state index contributed by atoms with van der Waals surface area (Å²) in [5.41, 5.74) is -0.0822. The minimum absolute atomic E-state index is 0.289. The highest BCUT2D eigenvalue weighted by atomic mass is 32.1. The topological polar surface area (TPSA) is 63.7 Å². The average Bonchev–Trinajstić information content (AvgIpc) is 3.24. The molecule has 5 nitrogen and oxygen atoms in total. The summed E-state index contributed by atoms with van der Waals surface area (Å²) < 4.78 is 44.1. The van der Waals surface area contributed by atoms with Gasteiger partial charge in [-0.1, -0.05) is 0 Å². The van der Waals surface area contributed by atoms with Gasteiger partial charge in [-0.05, 0) is 46.3 Å². The lowest BCUT2D eigenvalue weighted by Crippen LogP contribution is -2.04. The molecule has 0 amide bonds. The minimum Gasteiger partial charge on any atom is -0.484 e. The summed E-state index contributed by atoms with van der Waals surface area (Å²) in [4.78, 5) is 1.77. The van der Waals surface area contributed by atoms with Crippen LogP contribution in [0.25, 0.3) is 10.7 Å². The third-order valence-corrected chi connectivity index (χ3v) is 4.77. The van der Waals surface area contributed by atoms with Crippen LogP contribution in [0.1, 0.15) is 22.1 Å². The van der Waals surface area contributed by atoms with E-state index in [1.807, 2.05) is 12.1 Å². The normalized spacial score (nSPS) is 17.1. The van der Waals surface area contributed by atoms with Crippen LogP contribution in [-0.4, -0.2) is 20.6 Å². The Morgan fingerprint density at radius 2 is 2.09 bits per heavy atom. The molecule has 4 rings (SSSR count). The highest BCUT2D eigenvalue weighted by Crippen LogP contribution is 2.42. The number of rotatable bonds is 2. The average molecular weight is 338 g/mol. The molecule has 1 aromatic carbocycles. The Balaban J connectivity index is 1.59. The van der Waals surface area contributed by atoms with Crippen LogP contribution in [0.2, 0.25) is 0 Å². The molecule has 0 radical (unpaired) electrons. The standard InChI is InChI=1S/C14H9F3N4OS/c15-14(16,17)8-1-2-9-7(5-8)6-10(22-9)11-3-4-12(23-11)13-18-20-21-19-13/h1-5,10H,6H2,(H,18,19,20,21). The van der Waals surface area contributed by atoms with Gasteiger partial charge in [-0.25, -0.2) is 5.10 Å². The van der Waals surface area contributed by atoms with Crippen molar-refractivity contribution < 1.29 is 17.9 Å². The van der Waals surface area contributed by atoms with E-state index in [0.29, 0.717) is 23.6 Å². The molecule has 1 unspecified atom stereocenters. The fraction of sp³-hybridized carbons (Fsp3) is 0.214. The van der Waals surface area contributed by atoms with Crippen molar-refractivity contribution in [3.8, 4) is 16.5 Å². The number of alkyl halides is 3. The van der Waals surface area contributed by atoms with Crippen molar-refractivity contribution in [2.24, 2.45) is 0 Å². The van der Waals surface area contributed by atoms with Crippen molar-refractivity contribution in [1.29, 1.82) is 0 Å². The van der Waals surface area contributed by atoms with E-state index >= 15 is 0 Å². The van der Waals surface area contributed by atoms with Crippen LogP contribution in [-0.2, 0) is 12.6 Å². The third-order valence-electron chi connectivity index (χ3n) is 3.59. The second kappa shape index (κ2) is 5.05. The van der Waals surface area contributed by atoms with E-state index in [-0.39, 0.29) is 6.10 Å². The smallest absolute Gasteiger partial charge is 0.416 e. The lowest BCUT2D eigenvalue weighted by molar-refractivity contribution is -0.137. The van der Waals surface area contributed by atoms with E-state index in [1.54, 1.807) is 0 Å². The predicted molar refractivity (Wildman–Crippen MR) is 76.0 cm³/mol. The molecular weight excluding hydrogens is 329 g/mol. The number of ether oxygens (including phenoxy) is 1. The number of aromatic amines is 1. The molecule has 0 bridgehead atoms. The van der Waals surface area contributed by atoms with Crippen LogP contribution in [0.4, 0.5) is 13.2 Å². The van der Waals surface area contributed by atoms with Gasteiger partial charge in [-0.15, -0.1) is 16.4 Å². The summed E-state index contributed by atoms with van der Waals surface area (Å²) in [6, 6.07) is 7.32. The Hall–Kier alpha value is -2.42. The van der Waals surface area contributed by atoms with Gasteiger partial charge in [0.2, 0.25) is 0 Å². The van der Waals surface area contributed by atoms with Crippen molar-refractivity contribution in [3.05, 3.63) is 46.3 Å². The molecule has 0 spiro atoms. The number of fused-ring (bicyclic) bond motifs is 1. The first-order valence-corrected chi connectivity index (χ1v) is 7.53. The highest BCUT2D eigenvalue weighted by molar-refractivity contribution is 7.15. The first kappa shape index (κ1) is 14.2. The second-order valence-electron chi connectivity index (χ2n) is 5.08. The van der Waals surface area contributed by atoms with Crippen LogP contribution in [0, 0.1) is 0 Å². The molecule has 1 N–H and O–H groups in total. The zero-order valence-corrected chi connectivity index (χ0v) is 12.3. The molecule has 1 aliphatic heterocycles. The van der Waals surface area contributed by atoms with Crippen molar-refractivity contribution in [2.75, 3.05) is 0 Å². The maximum atomic E-state index is 12.8. The van der Waals surface area contributed by atoms with E-state index in [2.05, 4.69) is 20.6 Å². The molecule has 0 saturated heterocycles. The van der Waals surface area contributed by atoms with E-state index < -0.39 is 11.7 Å². The van der Waals surface area contributed by atoms with Gasteiger partial charge in [-0.3, -0.25) is 0 Å². The fourth-order valence-electron chi connectivity index (χ4n) is 2.50. The summed E-state index contributed by atoms with van der Waals surface area (Å²) in [5, 5.41) is 13.5. The number of thiophene rings is 1. The Labute approximate surface area is 132 Å². The van der Waals surface area contributed by atoms with Crippen molar-refractivity contribution in [1.82, 2.24) is 20.6 Å². The number of nitrogens with zero attached hydrogens (tertiary/aromatic N) is 3. The molecule has 3 heterocycles. The zero-order valence-electron chi connectivity index (χ0n) is 11.5. The Morgan fingerprint density at radius 1 is 1.22 bits per heavy atom. The first-order valence-electron chi connectivity index (χ1n) is 6.71. The number of H-pyrrole nitrogens is 1. The van der Waals surface area contributed by atoms with Crippen LogP contribution in [0.15, 0.2) is 30.3 Å². The van der Waals surface area contributed by atoms with Gasteiger partial charge in [0, 0.05) is 11.3 Å². The fourth-order valence-corrected chi connectivity index (χ4v) is 3.47. The van der Waals surface area contributed by atoms with Gasteiger partial charge in [0.05, 0.1) is 10.4 Å². The van der Waals surface area contributed by atoms with Gasteiger partial charge >= 0.3 is 6.18 Å². The Bertz CT molecular complexity index is 844. The lowest BCUT2D eigenvalue weighted by atomic mass is 10.1. The van der Waals surface area contributed by atoms with E-state index in [4.69, 9.17) is 4.74 Å². The van der Waals surface area contributed by atoms with Gasteiger partial charge in [0.1, 0.15) is 11.9 Å². The number of tetrazole rings is 1. The van der Waals surface area contributed by atoms with Crippen molar-refractivity contribution in [3.63, 3.8) is 0 Å². The highest BCUT2D eigenvalue weighted by Gasteiger charge is 2.33. The monoisotopic (exact) mass is 338 g/mol. The molecule has 0 saturated carbocycles. The maximum absolute atomic E-state index is 12.8. The Kier molecular flexibility index (Phi) is 3.12. The zero-order chi connectivity index (χ0) is 16.0. The number of hydrogen-bond acceptors (Lipinski definition) is 5. The summed E-state index contributed by atoms with van der Waals surface area (Å²) in [5.74, 6) is 1.05. The quantitative estimate of drug-likeness (QED) is 0.775. The molecular formula is C14H9F3N4OS. The largest absolute Gasteiger partial charge is 0.484 e. The summed E-state index contributed by atoms with van der Waals surface area (Å²) in [7, 11) is 0. The SMILES string of the molecule is FC(F)(F)c1ccc2c(c1)CC(c1ccc(-c3nnn[nH]3)s1)O2. The van der Waals surface area contributed by atoms with Crippen LogP contribution in [0.5, 0.6) is 5.75 Å². The molecule has 1 atom stereocenters. The molecule has 0 fully saturated rings. The molecule has 1 aliphatic rings. The van der Waals surface area contributed by atoms with Crippen molar-refractivity contribution in [2.45, 2.75) is 18.7 Å². The third kappa shape index (κ3) is 2.56. The van der Waals surface area contributed by atoms with Crippen LogP contribution < -0.4 is 4.74 Å². The van der Waals surface area contributed by atoms with Gasteiger partial charge in [-0.2, -0.15) is 13.2 Å². The lowest BCUT2D eigenvalue weighted by Gasteiger charge is -2.08. The molecule has 3 aromatic rings. The number of benzene rings is 1. The number of halogens is 3. The number of nitrogens with one attached hydrogen (secondary N) is 1. The summed E-state index contributed by atoms with van der Waals surface area (Å²) in [6.45, 7) is 0. The summed E-state index contributed by atoms with van der Waals surface area (Å²) >= 11 is 1.45. The number of aromatic nitrogens is 4. The van der Waals surface area contributed by atoms with Gasteiger partial charge < -0.3 is 4.74 Å². The van der Waals surface area contributed by atoms with Gasteiger partial charge in [0.25, 0.3) is 0 Å². The predicted octanol–water partition coefficient (Wildman–Crippen LogP) is 3.62. The molecule has 2 aromatic heterocycles. The van der Waals surface area contributed by atoms with E-state index in [0.717, 1.165) is 21.9 Å². The van der Waals surface area contributed by atoms with Crippen LogP contribution in [0.3, 0.4) is 0 Å². The van der Waals surface area contributed by atoms with E-state index in [1.165, 1.54) is 17.4 Å². The van der Waals surface area contributed by atoms with E-state index in [9.17, 15) is 13.2 Å². The minimum atomic E-state index is -4.34. The number of hydrogen-bond donors (Lipinski definition) is 1. The van der Waals surface area contributed by atoms with Crippen molar-refractivity contribution >= 4 is 11.3 Å². The first-order chi connectivity index (χ1) is 11.0. The molecule has 9 heteroatoms. The summed E-state index contributed by atoms with van der Waals surface area (Å²) in [6.07, 6.45) is -4.22.